The average Bonchev–Trinajstić information content (AvgIpc) is 2.87. The first-order valence-corrected chi connectivity index (χ1v) is 15.1. The molecule has 1 saturated carbocycles. The van der Waals surface area contributed by atoms with Gasteiger partial charge in [-0.3, -0.25) is 13.9 Å². The maximum atomic E-state index is 13.7. The van der Waals surface area contributed by atoms with Gasteiger partial charge in [0.05, 0.1) is 19.1 Å². The Morgan fingerprint density at radius 3 is 2.32 bits per heavy atom. The van der Waals surface area contributed by atoms with Crippen molar-refractivity contribution in [1.29, 1.82) is 0 Å². The number of aryl methyl sites for hydroxylation is 1. The fraction of sp³-hybridized carbons (Fsp3) is 0.481. The van der Waals surface area contributed by atoms with Gasteiger partial charge in [-0.25, -0.2) is 8.42 Å². The number of sulfonamides is 1. The largest absolute Gasteiger partial charge is 0.497 e. The number of hydrogen-bond donors (Lipinski definition) is 1. The minimum absolute atomic E-state index is 0.0971. The molecule has 0 spiro atoms. The first kappa shape index (κ1) is 29.0. The van der Waals surface area contributed by atoms with Crippen molar-refractivity contribution in [1.82, 2.24) is 10.2 Å². The minimum atomic E-state index is -3.77. The van der Waals surface area contributed by atoms with Gasteiger partial charge in [0.15, 0.2) is 0 Å². The second-order valence-corrected chi connectivity index (χ2v) is 12.4. The highest BCUT2D eigenvalue weighted by Gasteiger charge is 2.31. The Hall–Kier alpha value is -2.59. The van der Waals surface area contributed by atoms with Crippen molar-refractivity contribution in [3.63, 3.8) is 0 Å². The molecule has 1 aliphatic carbocycles. The Kier molecular flexibility index (Phi) is 10.0. The first-order valence-electron chi connectivity index (χ1n) is 12.5. The van der Waals surface area contributed by atoms with E-state index in [1.807, 2.05) is 19.1 Å². The van der Waals surface area contributed by atoms with Gasteiger partial charge in [-0.15, -0.1) is 0 Å². The lowest BCUT2D eigenvalue weighted by Crippen LogP contribution is -2.52. The molecule has 8 nitrogen and oxygen atoms in total. The summed E-state index contributed by atoms with van der Waals surface area (Å²) in [5.41, 5.74) is 2.03. The van der Waals surface area contributed by atoms with Gasteiger partial charge in [0, 0.05) is 17.1 Å². The Morgan fingerprint density at radius 2 is 1.76 bits per heavy atom. The molecule has 1 N–H and O–H groups in total. The maximum Gasteiger partial charge on any atom is 0.244 e. The monoisotopic (exact) mass is 593 g/mol. The van der Waals surface area contributed by atoms with Crippen molar-refractivity contribution in [3.8, 4) is 5.75 Å². The third-order valence-electron chi connectivity index (χ3n) is 6.74. The molecule has 10 heteroatoms. The topological polar surface area (TPSA) is 96.0 Å². The predicted molar refractivity (Wildman–Crippen MR) is 149 cm³/mol. The number of hydrogen-bond acceptors (Lipinski definition) is 5. The van der Waals surface area contributed by atoms with E-state index in [1.54, 1.807) is 44.4 Å². The number of carbonyl (C=O) groups excluding carboxylic acids is 2. The van der Waals surface area contributed by atoms with Crippen molar-refractivity contribution in [3.05, 3.63) is 58.1 Å². The van der Waals surface area contributed by atoms with Crippen LogP contribution >= 0.6 is 15.9 Å². The van der Waals surface area contributed by atoms with Crippen LogP contribution in [0.3, 0.4) is 0 Å². The summed E-state index contributed by atoms with van der Waals surface area (Å²) in [6, 6.07) is 11.7. The molecule has 0 bridgehead atoms. The Morgan fingerprint density at radius 1 is 1.11 bits per heavy atom. The molecule has 2 aromatic rings. The highest BCUT2D eigenvalue weighted by Crippen LogP contribution is 2.25. The van der Waals surface area contributed by atoms with Crippen molar-refractivity contribution >= 4 is 43.5 Å². The number of nitrogens with zero attached hydrogens (tertiary/aromatic N) is 2. The van der Waals surface area contributed by atoms with Crippen LogP contribution in [0.1, 0.15) is 50.2 Å². The van der Waals surface area contributed by atoms with Gasteiger partial charge in [-0.2, -0.15) is 0 Å². The molecule has 1 atom stereocenters. The predicted octanol–water partition coefficient (Wildman–Crippen LogP) is 4.40. The molecule has 37 heavy (non-hydrogen) atoms. The number of carbonyl (C=O) groups is 2. The van der Waals surface area contributed by atoms with Gasteiger partial charge in [-0.1, -0.05) is 47.3 Å². The smallest absolute Gasteiger partial charge is 0.244 e. The van der Waals surface area contributed by atoms with Crippen LogP contribution in [0.2, 0.25) is 0 Å². The minimum Gasteiger partial charge on any atom is -0.497 e. The van der Waals surface area contributed by atoms with Crippen molar-refractivity contribution in [2.24, 2.45) is 0 Å². The number of amides is 2. The molecule has 0 unspecified atom stereocenters. The molecule has 3 rings (SSSR count). The molecule has 1 aliphatic rings. The van der Waals surface area contributed by atoms with Crippen LogP contribution in [0.4, 0.5) is 5.69 Å². The lowest BCUT2D eigenvalue weighted by Gasteiger charge is -2.33. The number of ether oxygens (including phenoxy) is 1. The summed E-state index contributed by atoms with van der Waals surface area (Å²) in [7, 11) is -2.20. The Bertz CT molecular complexity index is 1200. The van der Waals surface area contributed by atoms with Crippen LogP contribution < -0.4 is 14.4 Å². The molecule has 0 radical (unpaired) electrons. The third-order valence-corrected chi connectivity index (χ3v) is 8.77. The van der Waals surface area contributed by atoms with Crippen LogP contribution in [-0.4, -0.2) is 57.1 Å². The molecular weight excluding hydrogens is 558 g/mol. The van der Waals surface area contributed by atoms with Gasteiger partial charge in [0.1, 0.15) is 18.3 Å². The highest BCUT2D eigenvalue weighted by atomic mass is 79.9. The average molecular weight is 595 g/mol. The summed E-state index contributed by atoms with van der Waals surface area (Å²) in [5.74, 6) is -0.0224. The summed E-state index contributed by atoms with van der Waals surface area (Å²) in [6.07, 6.45) is 6.24. The normalized spacial score (nSPS) is 15.1. The van der Waals surface area contributed by atoms with Crippen LogP contribution in [0.15, 0.2) is 46.9 Å². The molecular formula is C27H36BrN3O5S. The summed E-state index contributed by atoms with van der Waals surface area (Å²) in [5, 5.41) is 3.10. The van der Waals surface area contributed by atoms with Crippen molar-refractivity contribution < 1.29 is 22.7 Å². The van der Waals surface area contributed by atoms with Crippen LogP contribution in [0, 0.1) is 6.92 Å². The quantitative estimate of drug-likeness (QED) is 0.440. The zero-order valence-electron chi connectivity index (χ0n) is 21.9. The van der Waals surface area contributed by atoms with Crippen LogP contribution in [0.5, 0.6) is 5.75 Å². The standard InChI is InChI=1S/C27H36BrN3O5S/c1-19-16-23(12-15-25(19)28)31(37(4,34)35)18-26(32)30(17-21-10-13-24(36-3)14-11-21)20(2)27(33)29-22-8-6-5-7-9-22/h10-16,20,22H,5-9,17-18H2,1-4H3,(H,29,33)/t20-/m1/s1. The van der Waals surface area contributed by atoms with E-state index in [9.17, 15) is 18.0 Å². The van der Waals surface area contributed by atoms with Gasteiger partial charge in [-0.05, 0) is 68.1 Å². The van der Waals surface area contributed by atoms with Crippen LogP contribution in [-0.2, 0) is 26.2 Å². The zero-order valence-corrected chi connectivity index (χ0v) is 24.3. The molecule has 0 aliphatic heterocycles. The second kappa shape index (κ2) is 12.8. The van der Waals surface area contributed by atoms with E-state index >= 15 is 0 Å². The second-order valence-electron chi connectivity index (χ2n) is 9.59. The summed E-state index contributed by atoms with van der Waals surface area (Å²) in [4.78, 5) is 28.4. The lowest BCUT2D eigenvalue weighted by atomic mass is 9.95. The Labute approximate surface area is 228 Å². The number of benzene rings is 2. The van der Waals surface area contributed by atoms with E-state index in [-0.39, 0.29) is 18.5 Å². The number of methoxy groups -OCH3 is 1. The zero-order chi connectivity index (χ0) is 27.2. The van der Waals surface area contributed by atoms with E-state index in [0.717, 1.165) is 51.8 Å². The maximum absolute atomic E-state index is 13.7. The molecule has 2 amide bonds. The highest BCUT2D eigenvalue weighted by molar-refractivity contribution is 9.10. The molecule has 202 valence electrons. The molecule has 0 heterocycles. The molecule has 1 fully saturated rings. The van der Waals surface area contributed by atoms with Crippen LogP contribution in [0.25, 0.3) is 0 Å². The number of rotatable bonds is 10. The van der Waals surface area contributed by atoms with E-state index in [0.29, 0.717) is 11.4 Å². The molecule has 2 aromatic carbocycles. The fourth-order valence-corrected chi connectivity index (χ4v) is 5.56. The third kappa shape index (κ3) is 7.95. The van der Waals surface area contributed by atoms with E-state index in [1.165, 1.54) is 11.3 Å². The summed E-state index contributed by atoms with van der Waals surface area (Å²) < 4.78 is 32.6. The summed E-state index contributed by atoms with van der Waals surface area (Å²) in [6.45, 7) is 3.27. The van der Waals surface area contributed by atoms with Gasteiger partial charge in [0.25, 0.3) is 0 Å². The fourth-order valence-electron chi connectivity index (χ4n) is 4.48. The first-order chi connectivity index (χ1) is 17.5. The summed E-state index contributed by atoms with van der Waals surface area (Å²) >= 11 is 3.43. The van der Waals surface area contributed by atoms with E-state index in [4.69, 9.17) is 4.74 Å². The van der Waals surface area contributed by atoms with Gasteiger partial charge >= 0.3 is 0 Å². The molecule has 0 aromatic heterocycles. The van der Waals surface area contributed by atoms with Gasteiger partial charge in [0.2, 0.25) is 21.8 Å². The number of anilines is 1. The number of halogens is 1. The SMILES string of the molecule is COc1ccc(CN(C(=O)CN(c2ccc(Br)c(C)c2)S(C)(=O)=O)[C@H](C)C(=O)NC2CCCCC2)cc1. The van der Waals surface area contributed by atoms with Gasteiger partial charge < -0.3 is 15.0 Å². The van der Waals surface area contributed by atoms with E-state index < -0.39 is 28.5 Å². The van der Waals surface area contributed by atoms with Crippen molar-refractivity contribution in [2.75, 3.05) is 24.2 Å². The lowest BCUT2D eigenvalue weighted by molar-refractivity contribution is -0.139. The number of nitrogens with one attached hydrogen (secondary N) is 1. The molecule has 0 saturated heterocycles. The van der Waals surface area contributed by atoms with Crippen molar-refractivity contribution in [2.45, 2.75) is 64.6 Å². The van der Waals surface area contributed by atoms with E-state index in [2.05, 4.69) is 21.2 Å². The Balaban J connectivity index is 1.88.